The van der Waals surface area contributed by atoms with Crippen LogP contribution in [0.15, 0.2) is 28.7 Å². The molecule has 106 valence electrons. The van der Waals surface area contributed by atoms with Gasteiger partial charge in [0.15, 0.2) is 0 Å². The third kappa shape index (κ3) is 3.50. The molecule has 19 heavy (non-hydrogen) atoms. The Bertz CT molecular complexity index is 413. The number of anilines is 1. The minimum absolute atomic E-state index is 0.242. The molecule has 0 aliphatic carbocycles. The van der Waals surface area contributed by atoms with Crippen LogP contribution in [-0.2, 0) is 0 Å². The van der Waals surface area contributed by atoms with Crippen molar-refractivity contribution < 1.29 is 5.11 Å². The second kappa shape index (κ2) is 6.73. The normalized spacial score (nSPS) is 25.4. The van der Waals surface area contributed by atoms with Gasteiger partial charge in [-0.3, -0.25) is 0 Å². The lowest BCUT2D eigenvalue weighted by Crippen LogP contribution is -2.44. The van der Waals surface area contributed by atoms with Crippen molar-refractivity contribution in [2.45, 2.75) is 31.8 Å². The molecule has 0 saturated carbocycles. The number of aliphatic hydroxyl groups is 1. The Morgan fingerprint density at radius 2 is 2.11 bits per heavy atom. The molecule has 3 nitrogen and oxygen atoms in total. The van der Waals surface area contributed by atoms with Crippen LogP contribution in [0.3, 0.4) is 0 Å². The fourth-order valence-electron chi connectivity index (χ4n) is 2.92. The number of nitrogens with zero attached hydrogens (tertiary/aromatic N) is 2. The number of halogens is 1. The molecule has 0 aromatic heterocycles. The molecule has 2 atom stereocenters. The van der Waals surface area contributed by atoms with Crippen molar-refractivity contribution in [1.82, 2.24) is 4.90 Å². The van der Waals surface area contributed by atoms with Gasteiger partial charge in [-0.25, -0.2) is 0 Å². The van der Waals surface area contributed by atoms with Crippen LogP contribution >= 0.6 is 15.9 Å². The van der Waals surface area contributed by atoms with Crippen LogP contribution in [0.5, 0.6) is 0 Å². The van der Waals surface area contributed by atoms with E-state index in [0.717, 1.165) is 30.4 Å². The Morgan fingerprint density at radius 3 is 2.79 bits per heavy atom. The minimum Gasteiger partial charge on any atom is -0.396 e. The topological polar surface area (TPSA) is 26.7 Å². The maximum atomic E-state index is 9.36. The molecule has 1 aromatic rings. The Labute approximate surface area is 124 Å². The van der Waals surface area contributed by atoms with Gasteiger partial charge in [0.25, 0.3) is 0 Å². The molecule has 1 heterocycles. The van der Waals surface area contributed by atoms with Crippen LogP contribution in [0.2, 0.25) is 0 Å². The molecule has 1 aliphatic heterocycles. The van der Waals surface area contributed by atoms with E-state index in [2.05, 4.69) is 57.9 Å². The van der Waals surface area contributed by atoms with E-state index in [9.17, 15) is 5.11 Å². The van der Waals surface area contributed by atoms with E-state index in [1.54, 1.807) is 0 Å². The number of rotatable bonds is 3. The molecule has 0 bridgehead atoms. The van der Waals surface area contributed by atoms with Crippen molar-refractivity contribution in [3.8, 4) is 0 Å². The highest BCUT2D eigenvalue weighted by atomic mass is 79.9. The molecule has 0 amide bonds. The summed E-state index contributed by atoms with van der Waals surface area (Å²) in [5.41, 5.74) is 1.24. The van der Waals surface area contributed by atoms with Gasteiger partial charge >= 0.3 is 0 Å². The average Bonchev–Trinajstić information content (AvgIpc) is 2.51. The predicted octanol–water partition coefficient (Wildman–Crippen LogP) is 2.73. The molecule has 1 aliphatic rings. The van der Waals surface area contributed by atoms with Crippen molar-refractivity contribution in [3.05, 3.63) is 28.7 Å². The van der Waals surface area contributed by atoms with Gasteiger partial charge < -0.3 is 14.9 Å². The van der Waals surface area contributed by atoms with Crippen LogP contribution < -0.4 is 4.90 Å². The lowest BCUT2D eigenvalue weighted by Gasteiger charge is -2.37. The van der Waals surface area contributed by atoms with Gasteiger partial charge in [0.2, 0.25) is 0 Å². The Kier molecular flexibility index (Phi) is 5.25. The summed E-state index contributed by atoms with van der Waals surface area (Å²) in [4.78, 5) is 4.84. The molecule has 0 spiro atoms. The van der Waals surface area contributed by atoms with Crippen molar-refractivity contribution in [3.63, 3.8) is 0 Å². The second-order valence-corrected chi connectivity index (χ2v) is 6.28. The first kappa shape index (κ1) is 14.8. The zero-order valence-corrected chi connectivity index (χ0v) is 13.3. The highest BCUT2D eigenvalue weighted by molar-refractivity contribution is 9.10. The van der Waals surface area contributed by atoms with Crippen LogP contribution in [0, 0.1) is 0 Å². The minimum atomic E-state index is 0.242. The monoisotopic (exact) mass is 326 g/mol. The molecule has 4 heteroatoms. The zero-order valence-electron chi connectivity index (χ0n) is 11.7. The average molecular weight is 327 g/mol. The molecule has 2 unspecified atom stereocenters. The van der Waals surface area contributed by atoms with Crippen molar-refractivity contribution in [1.29, 1.82) is 0 Å². The molecule has 1 fully saturated rings. The van der Waals surface area contributed by atoms with Gasteiger partial charge in [-0.1, -0.05) is 12.1 Å². The summed E-state index contributed by atoms with van der Waals surface area (Å²) in [6.45, 7) is 4.64. The zero-order chi connectivity index (χ0) is 13.8. The lowest BCUT2D eigenvalue weighted by atomic mass is 10.1. The highest BCUT2D eigenvalue weighted by Crippen LogP contribution is 2.32. The van der Waals surface area contributed by atoms with Crippen molar-refractivity contribution in [2.24, 2.45) is 0 Å². The summed E-state index contributed by atoms with van der Waals surface area (Å²) in [5, 5.41) is 9.36. The van der Waals surface area contributed by atoms with Crippen molar-refractivity contribution in [2.75, 3.05) is 31.6 Å². The molecule has 1 aromatic carbocycles. The van der Waals surface area contributed by atoms with E-state index in [1.165, 1.54) is 5.69 Å². The molecular weight excluding hydrogens is 304 g/mol. The Hall–Kier alpha value is -0.580. The van der Waals surface area contributed by atoms with Gasteiger partial charge in [0.1, 0.15) is 0 Å². The summed E-state index contributed by atoms with van der Waals surface area (Å²) in [5.74, 6) is 0. The number of para-hydroxylation sites is 1. The first-order valence-corrected chi connectivity index (χ1v) is 7.75. The highest BCUT2D eigenvalue weighted by Gasteiger charge is 2.28. The van der Waals surface area contributed by atoms with E-state index in [0.29, 0.717) is 12.1 Å². The molecule has 0 radical (unpaired) electrons. The molecule has 1 saturated heterocycles. The third-order valence-corrected chi connectivity index (χ3v) is 4.58. The van der Waals surface area contributed by atoms with Crippen LogP contribution in [-0.4, -0.2) is 48.8 Å². The van der Waals surface area contributed by atoms with E-state index in [1.807, 2.05) is 6.07 Å². The van der Waals surface area contributed by atoms with Gasteiger partial charge in [0.05, 0.1) is 5.69 Å². The number of hydrogen-bond acceptors (Lipinski definition) is 3. The number of likely N-dealkylation sites (N-methyl/N-ethyl adjacent to an activating group) is 1. The summed E-state index contributed by atoms with van der Waals surface area (Å²) in [6, 6.07) is 9.23. The van der Waals surface area contributed by atoms with Gasteiger partial charge in [-0.15, -0.1) is 0 Å². The molecule has 2 rings (SSSR count). The fraction of sp³-hybridized carbons (Fsp3) is 0.600. The van der Waals surface area contributed by atoms with E-state index in [4.69, 9.17) is 0 Å². The Balaban J connectivity index is 2.33. The maximum Gasteiger partial charge on any atom is 0.0516 e. The summed E-state index contributed by atoms with van der Waals surface area (Å²) in [7, 11) is 2.17. The number of benzene rings is 1. The molecule has 1 N–H and O–H groups in total. The van der Waals surface area contributed by atoms with Gasteiger partial charge in [-0.2, -0.15) is 0 Å². The maximum absolute atomic E-state index is 9.36. The Morgan fingerprint density at radius 1 is 1.37 bits per heavy atom. The first-order valence-electron chi connectivity index (χ1n) is 6.95. The van der Waals surface area contributed by atoms with E-state index in [-0.39, 0.29) is 6.61 Å². The quantitative estimate of drug-likeness (QED) is 0.925. The predicted molar refractivity (Wildman–Crippen MR) is 83.7 cm³/mol. The van der Waals surface area contributed by atoms with Gasteiger partial charge in [-0.05, 0) is 61.4 Å². The van der Waals surface area contributed by atoms with Crippen molar-refractivity contribution >= 4 is 21.6 Å². The van der Waals surface area contributed by atoms with E-state index < -0.39 is 0 Å². The lowest BCUT2D eigenvalue weighted by molar-refractivity contribution is 0.252. The third-order valence-electron chi connectivity index (χ3n) is 3.91. The van der Waals surface area contributed by atoms with E-state index >= 15 is 0 Å². The van der Waals surface area contributed by atoms with Crippen LogP contribution in [0.1, 0.15) is 19.8 Å². The second-order valence-electron chi connectivity index (χ2n) is 5.42. The fourth-order valence-corrected chi connectivity index (χ4v) is 3.41. The summed E-state index contributed by atoms with van der Waals surface area (Å²) in [6.07, 6.45) is 1.97. The van der Waals surface area contributed by atoms with Crippen LogP contribution in [0.25, 0.3) is 0 Å². The number of hydrogen-bond donors (Lipinski definition) is 1. The molecular formula is C15H23BrN2O. The first-order chi connectivity index (χ1) is 9.13. The van der Waals surface area contributed by atoms with Gasteiger partial charge in [0, 0.05) is 29.7 Å². The SMILES string of the molecule is CC1CCN(C)CC(CCO)N1c1ccccc1Br. The summed E-state index contributed by atoms with van der Waals surface area (Å²) < 4.78 is 1.13. The largest absolute Gasteiger partial charge is 0.396 e. The number of aliphatic hydroxyl groups excluding tert-OH is 1. The van der Waals surface area contributed by atoms with Crippen LogP contribution in [0.4, 0.5) is 5.69 Å². The summed E-state index contributed by atoms with van der Waals surface area (Å²) >= 11 is 3.66. The standard InChI is InChI=1S/C15H23BrN2O/c1-12-7-9-17(2)11-13(8-10-19)18(12)15-6-4-3-5-14(15)16/h3-6,12-13,19H,7-11H2,1-2H3. The smallest absolute Gasteiger partial charge is 0.0516 e.